The van der Waals surface area contributed by atoms with Crippen molar-refractivity contribution in [3.63, 3.8) is 0 Å². The van der Waals surface area contributed by atoms with Gasteiger partial charge in [0.2, 0.25) is 0 Å². The molecule has 0 aliphatic carbocycles. The first-order valence-electron chi connectivity index (χ1n) is 5.77. The summed E-state index contributed by atoms with van der Waals surface area (Å²) in [4.78, 5) is 6.75. The quantitative estimate of drug-likeness (QED) is 0.799. The summed E-state index contributed by atoms with van der Waals surface area (Å²) < 4.78 is 10.7. The summed E-state index contributed by atoms with van der Waals surface area (Å²) in [5, 5.41) is 0. The van der Waals surface area contributed by atoms with Crippen molar-refractivity contribution in [1.82, 2.24) is 4.90 Å². The van der Waals surface area contributed by atoms with E-state index in [1.165, 1.54) is 0 Å². The molecule has 2 heterocycles. The molecule has 0 aromatic heterocycles. The van der Waals surface area contributed by atoms with Gasteiger partial charge in [0.05, 0.1) is 20.8 Å². The Morgan fingerprint density at radius 1 is 1.17 bits per heavy atom. The van der Waals surface area contributed by atoms with Crippen LogP contribution in [0.1, 0.15) is 5.56 Å². The van der Waals surface area contributed by atoms with Crippen LogP contribution >= 0.6 is 0 Å². The lowest BCUT2D eigenvalue weighted by atomic mass is 10.1. The van der Waals surface area contributed by atoms with E-state index >= 15 is 0 Å². The molecule has 0 atom stereocenters. The van der Waals surface area contributed by atoms with E-state index in [0.717, 1.165) is 23.6 Å². The fraction of sp³-hybridized carbons (Fsp3) is 0.214. The predicted octanol–water partition coefficient (Wildman–Crippen LogP) is 2.63. The highest BCUT2D eigenvalue weighted by molar-refractivity contribution is 5.98. The summed E-state index contributed by atoms with van der Waals surface area (Å²) in [7, 11) is 3.27. The molecule has 0 spiro atoms. The lowest BCUT2D eigenvalue weighted by molar-refractivity contribution is 0.354. The third-order valence-electron chi connectivity index (χ3n) is 3.09. The first-order valence-corrected chi connectivity index (χ1v) is 5.77. The van der Waals surface area contributed by atoms with Crippen LogP contribution in [0.4, 0.5) is 5.69 Å². The second kappa shape index (κ2) is 4.22. The van der Waals surface area contributed by atoms with Gasteiger partial charge in [-0.3, -0.25) is 0 Å². The normalized spacial score (nSPS) is 15.9. The van der Waals surface area contributed by atoms with E-state index in [2.05, 4.69) is 9.89 Å². The van der Waals surface area contributed by atoms with Crippen LogP contribution in [0.15, 0.2) is 41.6 Å². The third kappa shape index (κ3) is 1.57. The topological polar surface area (TPSA) is 34.1 Å². The largest absolute Gasteiger partial charge is 0.493 e. The average Bonchev–Trinajstić information content (AvgIpc) is 2.43. The lowest BCUT2D eigenvalue weighted by Crippen LogP contribution is -2.27. The molecular formula is C14H14N2O2. The number of fused-ring (bicyclic) bond motifs is 2. The fourth-order valence-electron chi connectivity index (χ4n) is 2.20. The Labute approximate surface area is 106 Å². The monoisotopic (exact) mass is 242 g/mol. The molecule has 0 bridgehead atoms. The zero-order chi connectivity index (χ0) is 12.5. The number of hydrogen-bond acceptors (Lipinski definition) is 4. The molecule has 4 heteroatoms. The van der Waals surface area contributed by atoms with Crippen LogP contribution in [0, 0.1) is 0 Å². The van der Waals surface area contributed by atoms with E-state index in [0.29, 0.717) is 11.5 Å². The smallest absolute Gasteiger partial charge is 0.186 e. The molecule has 2 aliphatic rings. The Kier molecular flexibility index (Phi) is 2.55. The summed E-state index contributed by atoms with van der Waals surface area (Å²) in [6.45, 7) is 0.801. The molecule has 18 heavy (non-hydrogen) atoms. The lowest BCUT2D eigenvalue weighted by Gasteiger charge is -2.28. The summed E-state index contributed by atoms with van der Waals surface area (Å²) in [5.41, 5.74) is 2.00. The molecule has 4 nitrogen and oxygen atoms in total. The van der Waals surface area contributed by atoms with Gasteiger partial charge in [-0.25, -0.2) is 4.99 Å². The number of rotatable bonds is 2. The van der Waals surface area contributed by atoms with Crippen molar-refractivity contribution >= 4 is 11.5 Å². The number of amidine groups is 1. The highest BCUT2D eigenvalue weighted by atomic mass is 16.5. The Bertz CT molecular complexity index is 573. The van der Waals surface area contributed by atoms with Crippen molar-refractivity contribution in [2.45, 2.75) is 6.54 Å². The number of benzene rings is 1. The fourth-order valence-corrected chi connectivity index (χ4v) is 2.20. The first kappa shape index (κ1) is 10.9. The minimum absolute atomic E-state index is 0.699. The molecule has 0 saturated carbocycles. The zero-order valence-electron chi connectivity index (χ0n) is 10.4. The van der Waals surface area contributed by atoms with Gasteiger partial charge >= 0.3 is 0 Å². The molecule has 1 aromatic carbocycles. The minimum Gasteiger partial charge on any atom is -0.493 e. The zero-order valence-corrected chi connectivity index (χ0v) is 10.4. The van der Waals surface area contributed by atoms with Crippen molar-refractivity contribution in [2.24, 2.45) is 4.99 Å². The van der Waals surface area contributed by atoms with Crippen molar-refractivity contribution in [3.05, 3.63) is 42.1 Å². The molecule has 0 amide bonds. The number of hydrogen-bond donors (Lipinski definition) is 0. The molecule has 0 saturated heterocycles. The maximum Gasteiger partial charge on any atom is 0.186 e. The SMILES string of the molecule is COc1ccc2c(c1OC)N=C1C=CC=CN1C2. The number of methoxy groups -OCH3 is 2. The van der Waals surface area contributed by atoms with E-state index in [9.17, 15) is 0 Å². The van der Waals surface area contributed by atoms with Crippen LogP contribution in [-0.4, -0.2) is 25.0 Å². The molecule has 1 aromatic rings. The second-order valence-electron chi connectivity index (χ2n) is 4.11. The Balaban J connectivity index is 2.15. The Morgan fingerprint density at radius 2 is 2.06 bits per heavy atom. The summed E-state index contributed by atoms with van der Waals surface area (Å²) >= 11 is 0. The van der Waals surface area contributed by atoms with Gasteiger partial charge in [0, 0.05) is 11.8 Å². The van der Waals surface area contributed by atoms with Crippen LogP contribution in [0.25, 0.3) is 0 Å². The van der Waals surface area contributed by atoms with E-state index in [4.69, 9.17) is 9.47 Å². The van der Waals surface area contributed by atoms with E-state index in [1.807, 2.05) is 36.6 Å². The first-order chi connectivity index (χ1) is 8.83. The predicted molar refractivity (Wildman–Crippen MR) is 70.5 cm³/mol. The molecule has 0 N–H and O–H groups in total. The Hall–Kier alpha value is -2.23. The minimum atomic E-state index is 0.699. The van der Waals surface area contributed by atoms with Gasteiger partial charge in [-0.2, -0.15) is 0 Å². The summed E-state index contributed by atoms with van der Waals surface area (Å²) in [5.74, 6) is 2.34. The summed E-state index contributed by atoms with van der Waals surface area (Å²) in [6.07, 6.45) is 8.00. The maximum atomic E-state index is 5.42. The van der Waals surface area contributed by atoms with Crippen LogP contribution in [0.3, 0.4) is 0 Å². The van der Waals surface area contributed by atoms with Gasteiger partial charge in [-0.15, -0.1) is 0 Å². The average molecular weight is 242 g/mol. The van der Waals surface area contributed by atoms with Crippen LogP contribution in [0.2, 0.25) is 0 Å². The van der Waals surface area contributed by atoms with E-state index in [-0.39, 0.29) is 0 Å². The highest BCUT2D eigenvalue weighted by Crippen LogP contribution is 2.42. The number of ether oxygens (including phenoxy) is 2. The molecule has 92 valence electrons. The van der Waals surface area contributed by atoms with E-state index < -0.39 is 0 Å². The van der Waals surface area contributed by atoms with Crippen LogP contribution in [-0.2, 0) is 6.54 Å². The number of allylic oxidation sites excluding steroid dienone is 2. The van der Waals surface area contributed by atoms with Crippen molar-refractivity contribution in [2.75, 3.05) is 14.2 Å². The number of nitrogens with zero attached hydrogens (tertiary/aromatic N) is 2. The van der Waals surface area contributed by atoms with Gasteiger partial charge in [0.15, 0.2) is 11.5 Å². The van der Waals surface area contributed by atoms with E-state index in [1.54, 1.807) is 14.2 Å². The highest BCUT2D eigenvalue weighted by Gasteiger charge is 2.22. The molecule has 2 aliphatic heterocycles. The van der Waals surface area contributed by atoms with Gasteiger partial charge in [-0.05, 0) is 18.2 Å². The standard InChI is InChI=1S/C14H14N2O2/c1-17-11-7-6-10-9-16-8-4-3-5-12(16)15-13(10)14(11)18-2/h3-8H,9H2,1-2H3. The second-order valence-corrected chi connectivity index (χ2v) is 4.11. The van der Waals surface area contributed by atoms with Crippen LogP contribution < -0.4 is 9.47 Å². The van der Waals surface area contributed by atoms with Crippen molar-refractivity contribution in [1.29, 1.82) is 0 Å². The van der Waals surface area contributed by atoms with Crippen LogP contribution in [0.5, 0.6) is 11.5 Å². The van der Waals surface area contributed by atoms with Gasteiger partial charge in [-0.1, -0.05) is 12.1 Å². The van der Waals surface area contributed by atoms with Gasteiger partial charge in [0.1, 0.15) is 11.5 Å². The maximum absolute atomic E-state index is 5.42. The third-order valence-corrected chi connectivity index (χ3v) is 3.09. The van der Waals surface area contributed by atoms with Crippen molar-refractivity contribution < 1.29 is 9.47 Å². The van der Waals surface area contributed by atoms with Gasteiger partial charge in [0.25, 0.3) is 0 Å². The number of aliphatic imine (C=N–C) groups is 1. The Morgan fingerprint density at radius 3 is 2.83 bits per heavy atom. The van der Waals surface area contributed by atoms with Crippen molar-refractivity contribution in [3.8, 4) is 11.5 Å². The molecule has 3 rings (SSSR count). The molecular weight excluding hydrogens is 228 g/mol. The van der Waals surface area contributed by atoms with Gasteiger partial charge < -0.3 is 14.4 Å². The molecule has 0 fully saturated rings. The summed E-state index contributed by atoms with van der Waals surface area (Å²) in [6, 6.07) is 3.95. The molecule has 0 radical (unpaired) electrons. The molecule has 0 unspecified atom stereocenters.